The van der Waals surface area contributed by atoms with Gasteiger partial charge in [-0.1, -0.05) is 12.1 Å². The van der Waals surface area contributed by atoms with Gasteiger partial charge < -0.3 is 19.2 Å². The molecule has 0 aliphatic carbocycles. The molecule has 156 valence electrons. The smallest absolute Gasteiger partial charge is 0.339 e. The van der Waals surface area contributed by atoms with Crippen LogP contribution in [-0.4, -0.2) is 42.5 Å². The van der Waals surface area contributed by atoms with Gasteiger partial charge in [0, 0.05) is 12.1 Å². The predicted octanol–water partition coefficient (Wildman–Crippen LogP) is 3.70. The first kappa shape index (κ1) is 22.2. The van der Waals surface area contributed by atoms with Crippen LogP contribution in [0.2, 0.25) is 0 Å². The number of H-pyrrole nitrogens is 1. The van der Waals surface area contributed by atoms with Crippen molar-refractivity contribution in [2.45, 2.75) is 46.6 Å². The number of nitrogens with one attached hydrogen (secondary N) is 1. The Morgan fingerprint density at radius 3 is 2.52 bits per heavy atom. The second-order valence-electron chi connectivity index (χ2n) is 6.88. The summed E-state index contributed by atoms with van der Waals surface area (Å²) in [5.41, 5.74) is 2.67. The summed E-state index contributed by atoms with van der Waals surface area (Å²) in [5, 5.41) is 0. The first-order valence-electron chi connectivity index (χ1n) is 9.45. The first-order valence-corrected chi connectivity index (χ1v) is 9.45. The van der Waals surface area contributed by atoms with Crippen LogP contribution in [0, 0.1) is 20.8 Å². The molecule has 0 unspecified atom stereocenters. The van der Waals surface area contributed by atoms with E-state index in [1.807, 2.05) is 31.2 Å². The van der Waals surface area contributed by atoms with Crippen LogP contribution < -0.4 is 4.74 Å². The van der Waals surface area contributed by atoms with Gasteiger partial charge in [-0.05, 0) is 57.4 Å². The van der Waals surface area contributed by atoms with E-state index >= 15 is 0 Å². The molecule has 0 spiro atoms. The third-order valence-corrected chi connectivity index (χ3v) is 4.53. The molecule has 1 heterocycles. The van der Waals surface area contributed by atoms with E-state index in [-0.39, 0.29) is 12.1 Å². The summed E-state index contributed by atoms with van der Waals surface area (Å²) in [4.78, 5) is 39.4. The fourth-order valence-corrected chi connectivity index (χ4v) is 3.03. The maximum Gasteiger partial charge on any atom is 0.339 e. The zero-order valence-electron chi connectivity index (χ0n) is 17.5. The third kappa shape index (κ3) is 5.70. The van der Waals surface area contributed by atoms with Crippen molar-refractivity contribution in [3.05, 3.63) is 52.3 Å². The van der Waals surface area contributed by atoms with E-state index in [9.17, 15) is 14.4 Å². The molecular weight excluding hydrogens is 374 g/mol. The molecule has 29 heavy (non-hydrogen) atoms. The maximum atomic E-state index is 12.6. The van der Waals surface area contributed by atoms with Gasteiger partial charge in [0.05, 0.1) is 25.0 Å². The van der Waals surface area contributed by atoms with Gasteiger partial charge >= 0.3 is 11.9 Å². The molecule has 2 rings (SSSR count). The number of hydrogen-bond acceptors (Lipinski definition) is 6. The highest BCUT2D eigenvalue weighted by atomic mass is 16.5. The van der Waals surface area contributed by atoms with Crippen molar-refractivity contribution in [3.63, 3.8) is 0 Å². The van der Waals surface area contributed by atoms with Crippen LogP contribution in [0.5, 0.6) is 5.75 Å². The van der Waals surface area contributed by atoms with Gasteiger partial charge in [0.15, 0.2) is 6.10 Å². The monoisotopic (exact) mass is 401 g/mol. The van der Waals surface area contributed by atoms with Crippen molar-refractivity contribution < 1.29 is 28.6 Å². The highest BCUT2D eigenvalue weighted by Crippen LogP contribution is 2.21. The van der Waals surface area contributed by atoms with Crippen LogP contribution in [0.25, 0.3) is 0 Å². The largest absolute Gasteiger partial charge is 0.494 e. The maximum absolute atomic E-state index is 12.6. The molecule has 2 aromatic rings. The lowest BCUT2D eigenvalue weighted by molar-refractivity contribution is -0.146. The molecule has 0 saturated carbocycles. The minimum absolute atomic E-state index is 0.138. The Morgan fingerprint density at radius 2 is 1.86 bits per heavy atom. The number of aryl methyl sites for hydroxylation is 2. The number of ether oxygens (including phenoxy) is 3. The molecule has 1 N–H and O–H groups in total. The Labute approximate surface area is 170 Å². The van der Waals surface area contributed by atoms with Crippen molar-refractivity contribution in [3.8, 4) is 5.75 Å². The molecule has 0 amide bonds. The first-order chi connectivity index (χ1) is 13.7. The summed E-state index contributed by atoms with van der Waals surface area (Å²) < 4.78 is 15.6. The fraction of sp³-hybridized carbons (Fsp3) is 0.409. The normalized spacial score (nSPS) is 11.6. The number of rotatable bonds is 9. The molecule has 7 nitrogen and oxygen atoms in total. The van der Waals surface area contributed by atoms with Crippen LogP contribution >= 0.6 is 0 Å². The van der Waals surface area contributed by atoms with Crippen LogP contribution in [0.15, 0.2) is 24.3 Å². The molecule has 1 aromatic carbocycles. The summed E-state index contributed by atoms with van der Waals surface area (Å²) in [6.07, 6.45) is -0.358. The number of Topliss-reactive ketones (excluding diaryl/α,β-unsaturated/α-hetero) is 1. The lowest BCUT2D eigenvalue weighted by Gasteiger charge is -2.12. The van der Waals surface area contributed by atoms with Crippen molar-refractivity contribution >= 4 is 17.7 Å². The molecule has 0 aliphatic heterocycles. The van der Waals surface area contributed by atoms with Gasteiger partial charge in [0.1, 0.15) is 5.75 Å². The molecule has 0 bridgehead atoms. The van der Waals surface area contributed by atoms with Crippen LogP contribution in [0.4, 0.5) is 0 Å². The van der Waals surface area contributed by atoms with Crippen molar-refractivity contribution in [2.24, 2.45) is 0 Å². The highest BCUT2D eigenvalue weighted by molar-refractivity contribution is 6.03. The Balaban J connectivity index is 1.86. The Morgan fingerprint density at radius 1 is 1.14 bits per heavy atom. The van der Waals surface area contributed by atoms with Crippen LogP contribution in [0.1, 0.15) is 57.4 Å². The number of aromatic amines is 1. The van der Waals surface area contributed by atoms with Crippen molar-refractivity contribution in [1.29, 1.82) is 0 Å². The number of aromatic nitrogens is 1. The summed E-state index contributed by atoms with van der Waals surface area (Å²) >= 11 is 0. The average Bonchev–Trinajstić information content (AvgIpc) is 2.98. The number of carbonyl (C=O) groups excluding carboxylic acids is 3. The topological polar surface area (TPSA) is 94.7 Å². The molecule has 0 fully saturated rings. The zero-order chi connectivity index (χ0) is 21.6. The Hall–Kier alpha value is -3.09. The van der Waals surface area contributed by atoms with E-state index in [4.69, 9.17) is 14.2 Å². The van der Waals surface area contributed by atoms with Gasteiger partial charge in [0.25, 0.3) is 0 Å². The molecule has 0 aliphatic rings. The number of esters is 2. The second kappa shape index (κ2) is 9.91. The molecule has 1 atom stereocenters. The molecule has 1 aromatic heterocycles. The Kier molecular flexibility index (Phi) is 7.59. The van der Waals surface area contributed by atoms with E-state index in [1.165, 1.54) is 14.0 Å². The standard InChI is InChI=1S/C22H27NO6/c1-13-8-6-9-17(12-13)28-11-7-10-18(24)29-16(4)21(25)20-14(2)19(15(3)23-20)22(26)27-5/h6,8-9,12,16,23H,7,10-11H2,1-5H3/t16-/m1/s1. The van der Waals surface area contributed by atoms with E-state index in [0.29, 0.717) is 29.8 Å². The van der Waals surface area contributed by atoms with Gasteiger partial charge in [-0.2, -0.15) is 0 Å². The summed E-state index contributed by atoms with van der Waals surface area (Å²) in [7, 11) is 1.28. The number of carbonyl (C=O) groups is 3. The molecule has 0 saturated heterocycles. The van der Waals surface area contributed by atoms with Crippen molar-refractivity contribution in [1.82, 2.24) is 4.98 Å². The third-order valence-electron chi connectivity index (χ3n) is 4.53. The van der Waals surface area contributed by atoms with Gasteiger partial charge in [-0.3, -0.25) is 9.59 Å². The van der Waals surface area contributed by atoms with E-state index in [0.717, 1.165) is 11.3 Å². The van der Waals surface area contributed by atoms with E-state index in [2.05, 4.69) is 4.98 Å². The lowest BCUT2D eigenvalue weighted by Crippen LogP contribution is -2.25. The van der Waals surface area contributed by atoms with Crippen LogP contribution in [-0.2, 0) is 14.3 Å². The molecular formula is C22H27NO6. The number of benzene rings is 1. The predicted molar refractivity (Wildman–Crippen MR) is 107 cm³/mol. The summed E-state index contributed by atoms with van der Waals surface area (Å²) in [6, 6.07) is 7.66. The zero-order valence-corrected chi connectivity index (χ0v) is 17.5. The Bertz CT molecular complexity index is 899. The van der Waals surface area contributed by atoms with E-state index < -0.39 is 23.8 Å². The lowest BCUT2D eigenvalue weighted by atomic mass is 10.1. The van der Waals surface area contributed by atoms with Crippen LogP contribution in [0.3, 0.4) is 0 Å². The SMILES string of the molecule is COC(=O)c1c(C)[nH]c(C(=O)[C@@H](C)OC(=O)CCCOc2cccc(C)c2)c1C. The second-order valence-corrected chi connectivity index (χ2v) is 6.88. The van der Waals surface area contributed by atoms with Gasteiger partial charge in [0.2, 0.25) is 5.78 Å². The summed E-state index contributed by atoms with van der Waals surface area (Å²) in [5.74, 6) is -0.646. The van der Waals surface area contributed by atoms with Crippen molar-refractivity contribution in [2.75, 3.05) is 13.7 Å². The molecule has 7 heteroatoms. The van der Waals surface area contributed by atoms with E-state index in [1.54, 1.807) is 13.8 Å². The average molecular weight is 401 g/mol. The number of hydrogen-bond donors (Lipinski definition) is 1. The highest BCUT2D eigenvalue weighted by Gasteiger charge is 2.27. The molecule has 0 radical (unpaired) electrons. The van der Waals surface area contributed by atoms with Gasteiger partial charge in [-0.15, -0.1) is 0 Å². The number of methoxy groups -OCH3 is 1. The minimum atomic E-state index is -0.970. The fourth-order valence-electron chi connectivity index (χ4n) is 3.03. The summed E-state index contributed by atoms with van der Waals surface area (Å²) in [6.45, 7) is 7.19. The number of ketones is 1. The quantitative estimate of drug-likeness (QED) is 0.391. The van der Waals surface area contributed by atoms with Gasteiger partial charge in [-0.25, -0.2) is 4.79 Å². The minimum Gasteiger partial charge on any atom is -0.494 e.